The predicted octanol–water partition coefficient (Wildman–Crippen LogP) is 3.40. The molecule has 2 bridgehead atoms. The van der Waals surface area contributed by atoms with Gasteiger partial charge in [0.05, 0.1) is 5.92 Å². The summed E-state index contributed by atoms with van der Waals surface area (Å²) in [5, 5.41) is 0. The van der Waals surface area contributed by atoms with Gasteiger partial charge in [-0.3, -0.25) is 4.79 Å². The Morgan fingerprint density at radius 1 is 1.25 bits per heavy atom. The maximum absolute atomic E-state index is 12.1. The molecule has 0 aliphatic heterocycles. The average Bonchev–Trinajstić information content (AvgIpc) is 2.72. The van der Waals surface area contributed by atoms with Gasteiger partial charge in [0.2, 0.25) is 0 Å². The molecule has 2 heteroatoms. The monoisotopic (exact) mass is 224 g/mol. The molecule has 2 saturated carbocycles. The molecule has 2 aliphatic carbocycles. The Balaban J connectivity index is 1.99. The molecule has 2 nitrogen and oxygen atoms in total. The van der Waals surface area contributed by atoms with Crippen LogP contribution in [0.15, 0.2) is 0 Å². The highest BCUT2D eigenvalue weighted by molar-refractivity contribution is 5.74. The molecule has 0 saturated heterocycles. The van der Waals surface area contributed by atoms with E-state index in [1.165, 1.54) is 19.3 Å². The summed E-state index contributed by atoms with van der Waals surface area (Å²) in [5.74, 6) is 2.44. The van der Waals surface area contributed by atoms with Crippen molar-refractivity contribution < 1.29 is 9.53 Å². The third-order valence-corrected chi connectivity index (χ3v) is 4.19. The lowest BCUT2D eigenvalue weighted by molar-refractivity contribution is -0.162. The fourth-order valence-electron chi connectivity index (χ4n) is 3.61. The number of carbonyl (C=O) groups is 1. The lowest BCUT2D eigenvalue weighted by Crippen LogP contribution is -2.33. The van der Waals surface area contributed by atoms with Crippen LogP contribution in [0.2, 0.25) is 0 Å². The van der Waals surface area contributed by atoms with E-state index < -0.39 is 0 Å². The van der Waals surface area contributed by atoms with Gasteiger partial charge in [0.1, 0.15) is 5.60 Å². The summed E-state index contributed by atoms with van der Waals surface area (Å²) in [6.45, 7) is 8.11. The van der Waals surface area contributed by atoms with Crippen molar-refractivity contribution in [1.82, 2.24) is 0 Å². The van der Waals surface area contributed by atoms with Gasteiger partial charge in [-0.2, -0.15) is 0 Å². The summed E-state index contributed by atoms with van der Waals surface area (Å²) < 4.78 is 5.53. The SMILES string of the molecule is CCC1CC2CC(C(=O)OC(C)(C)C)C1C2. The number of rotatable bonds is 2. The number of hydrogen-bond donors (Lipinski definition) is 0. The van der Waals surface area contributed by atoms with Gasteiger partial charge in [0, 0.05) is 0 Å². The minimum absolute atomic E-state index is 0.0538. The molecule has 4 unspecified atom stereocenters. The minimum atomic E-state index is -0.333. The van der Waals surface area contributed by atoms with E-state index in [4.69, 9.17) is 4.74 Å². The van der Waals surface area contributed by atoms with Crippen molar-refractivity contribution in [3.63, 3.8) is 0 Å². The molecule has 0 aromatic carbocycles. The lowest BCUT2D eigenvalue weighted by Gasteiger charge is -2.30. The molecule has 0 radical (unpaired) electrons. The highest BCUT2D eigenvalue weighted by Gasteiger charge is 2.49. The molecule has 0 aromatic rings. The Labute approximate surface area is 98.7 Å². The van der Waals surface area contributed by atoms with Crippen LogP contribution in [0.25, 0.3) is 0 Å². The third kappa shape index (κ3) is 2.26. The van der Waals surface area contributed by atoms with E-state index >= 15 is 0 Å². The van der Waals surface area contributed by atoms with Crippen molar-refractivity contribution in [1.29, 1.82) is 0 Å². The topological polar surface area (TPSA) is 26.3 Å². The fraction of sp³-hybridized carbons (Fsp3) is 0.929. The maximum Gasteiger partial charge on any atom is 0.309 e. The van der Waals surface area contributed by atoms with Crippen molar-refractivity contribution >= 4 is 5.97 Å². The molecule has 2 rings (SSSR count). The summed E-state index contributed by atoms with van der Waals surface area (Å²) in [7, 11) is 0. The van der Waals surface area contributed by atoms with Crippen molar-refractivity contribution in [2.24, 2.45) is 23.7 Å². The first-order chi connectivity index (χ1) is 7.40. The van der Waals surface area contributed by atoms with Crippen LogP contribution in [0, 0.1) is 23.7 Å². The number of hydrogen-bond acceptors (Lipinski definition) is 2. The molecular formula is C14H24O2. The van der Waals surface area contributed by atoms with Gasteiger partial charge >= 0.3 is 5.97 Å². The Morgan fingerprint density at radius 3 is 2.44 bits per heavy atom. The molecule has 2 fully saturated rings. The maximum atomic E-state index is 12.1. The van der Waals surface area contributed by atoms with Crippen molar-refractivity contribution in [2.75, 3.05) is 0 Å². The molecule has 92 valence electrons. The predicted molar refractivity (Wildman–Crippen MR) is 63.9 cm³/mol. The second-order valence-corrected chi connectivity index (χ2v) is 6.55. The van der Waals surface area contributed by atoms with E-state index in [0.717, 1.165) is 18.3 Å². The van der Waals surface area contributed by atoms with Gasteiger partial charge in [0.25, 0.3) is 0 Å². The van der Waals surface area contributed by atoms with Crippen LogP contribution in [0.5, 0.6) is 0 Å². The highest BCUT2D eigenvalue weighted by Crippen LogP contribution is 2.53. The molecular weight excluding hydrogens is 200 g/mol. The van der Waals surface area contributed by atoms with Gasteiger partial charge in [-0.25, -0.2) is 0 Å². The van der Waals surface area contributed by atoms with Crippen molar-refractivity contribution in [3.8, 4) is 0 Å². The van der Waals surface area contributed by atoms with E-state index in [9.17, 15) is 4.79 Å². The van der Waals surface area contributed by atoms with Gasteiger partial charge in [0.15, 0.2) is 0 Å². The van der Waals surface area contributed by atoms with Crippen molar-refractivity contribution in [3.05, 3.63) is 0 Å². The number of carbonyl (C=O) groups excluding carboxylic acids is 1. The van der Waals surface area contributed by atoms with Crippen LogP contribution in [0.3, 0.4) is 0 Å². The fourth-order valence-corrected chi connectivity index (χ4v) is 3.61. The zero-order valence-electron chi connectivity index (χ0n) is 11.0. The second kappa shape index (κ2) is 4.05. The summed E-state index contributed by atoms with van der Waals surface area (Å²) in [4.78, 5) is 12.1. The van der Waals surface area contributed by atoms with E-state index in [-0.39, 0.29) is 17.5 Å². The molecule has 0 aromatic heterocycles. The first kappa shape index (κ1) is 11.9. The Hall–Kier alpha value is -0.530. The molecule has 0 heterocycles. The van der Waals surface area contributed by atoms with E-state index in [0.29, 0.717) is 5.92 Å². The molecule has 0 spiro atoms. The zero-order valence-corrected chi connectivity index (χ0v) is 11.0. The number of fused-ring (bicyclic) bond motifs is 2. The molecule has 16 heavy (non-hydrogen) atoms. The smallest absolute Gasteiger partial charge is 0.309 e. The first-order valence-electron chi connectivity index (χ1n) is 6.63. The van der Waals surface area contributed by atoms with Gasteiger partial charge in [-0.1, -0.05) is 13.3 Å². The Bertz CT molecular complexity index is 277. The Morgan fingerprint density at radius 2 is 1.94 bits per heavy atom. The minimum Gasteiger partial charge on any atom is -0.460 e. The molecule has 2 aliphatic rings. The van der Waals surface area contributed by atoms with Crippen LogP contribution in [0.4, 0.5) is 0 Å². The van der Waals surface area contributed by atoms with Crippen LogP contribution in [-0.2, 0) is 9.53 Å². The standard InChI is InChI=1S/C14H24O2/c1-5-10-6-9-7-11(10)12(8-9)13(15)16-14(2,3)4/h9-12H,5-8H2,1-4H3. The quantitative estimate of drug-likeness (QED) is 0.672. The van der Waals surface area contributed by atoms with E-state index in [1.807, 2.05) is 20.8 Å². The largest absolute Gasteiger partial charge is 0.460 e. The normalized spacial score (nSPS) is 37.8. The summed E-state index contributed by atoms with van der Waals surface area (Å²) in [6.07, 6.45) is 4.92. The van der Waals surface area contributed by atoms with Crippen LogP contribution < -0.4 is 0 Å². The number of esters is 1. The third-order valence-electron chi connectivity index (χ3n) is 4.19. The molecule has 0 amide bonds. The molecule has 4 atom stereocenters. The van der Waals surface area contributed by atoms with Crippen LogP contribution in [-0.4, -0.2) is 11.6 Å². The number of ether oxygens (including phenoxy) is 1. The second-order valence-electron chi connectivity index (χ2n) is 6.55. The zero-order chi connectivity index (χ0) is 11.9. The highest BCUT2D eigenvalue weighted by atomic mass is 16.6. The van der Waals surface area contributed by atoms with E-state index in [1.54, 1.807) is 0 Å². The van der Waals surface area contributed by atoms with Gasteiger partial charge in [-0.05, 0) is 57.8 Å². The average molecular weight is 224 g/mol. The summed E-state index contributed by atoms with van der Waals surface area (Å²) in [6, 6.07) is 0. The molecule has 0 N–H and O–H groups in total. The van der Waals surface area contributed by atoms with Crippen LogP contribution in [0.1, 0.15) is 53.4 Å². The van der Waals surface area contributed by atoms with Gasteiger partial charge in [-0.15, -0.1) is 0 Å². The Kier molecular flexibility index (Phi) is 3.02. The van der Waals surface area contributed by atoms with E-state index in [2.05, 4.69) is 6.92 Å². The van der Waals surface area contributed by atoms with Crippen molar-refractivity contribution in [2.45, 2.75) is 59.0 Å². The van der Waals surface area contributed by atoms with Gasteiger partial charge < -0.3 is 4.74 Å². The van der Waals surface area contributed by atoms with Crippen LogP contribution >= 0.6 is 0 Å². The lowest BCUT2D eigenvalue weighted by atomic mass is 9.79. The summed E-state index contributed by atoms with van der Waals surface area (Å²) >= 11 is 0. The summed E-state index contributed by atoms with van der Waals surface area (Å²) in [5.41, 5.74) is -0.333. The first-order valence-corrected chi connectivity index (χ1v) is 6.63.